The number of amides is 1. The maximum Gasteiger partial charge on any atom is 0.271 e. The van der Waals surface area contributed by atoms with Crippen LogP contribution >= 0.6 is 23.2 Å². The van der Waals surface area contributed by atoms with Gasteiger partial charge in [0, 0.05) is 77.5 Å². The molecule has 0 atom stereocenters. The number of piperazine rings is 1. The van der Waals surface area contributed by atoms with Gasteiger partial charge in [-0.25, -0.2) is 5.43 Å². The van der Waals surface area contributed by atoms with Crippen molar-refractivity contribution in [2.75, 3.05) is 26.2 Å². The van der Waals surface area contributed by atoms with Crippen LogP contribution in [0.2, 0.25) is 10.0 Å². The topological polar surface area (TPSA) is 52.9 Å². The van der Waals surface area contributed by atoms with Crippen LogP contribution in [0, 0.1) is 13.8 Å². The number of aromatic nitrogens is 1. The van der Waals surface area contributed by atoms with Gasteiger partial charge in [-0.15, -0.1) is 0 Å². The van der Waals surface area contributed by atoms with Crippen LogP contribution < -0.4 is 5.43 Å². The Morgan fingerprint density at radius 2 is 1.40 bits per heavy atom. The van der Waals surface area contributed by atoms with Crippen molar-refractivity contribution in [3.05, 3.63) is 123 Å². The highest BCUT2D eigenvalue weighted by Crippen LogP contribution is 2.26. The number of aryl methyl sites for hydroxylation is 1. The quantitative estimate of drug-likeness (QED) is 0.194. The first-order valence-corrected chi connectivity index (χ1v) is 14.2. The molecule has 0 radical (unpaired) electrons. The van der Waals surface area contributed by atoms with Crippen molar-refractivity contribution in [2.45, 2.75) is 26.9 Å². The maximum atomic E-state index is 12.7. The number of hydrazone groups is 1. The van der Waals surface area contributed by atoms with E-state index >= 15 is 0 Å². The zero-order valence-corrected chi connectivity index (χ0v) is 24.3. The molecule has 0 saturated carbocycles. The van der Waals surface area contributed by atoms with Crippen molar-refractivity contribution in [3.63, 3.8) is 0 Å². The minimum Gasteiger partial charge on any atom is -0.318 e. The van der Waals surface area contributed by atoms with Crippen LogP contribution in [0.4, 0.5) is 0 Å². The molecule has 206 valence electrons. The van der Waals surface area contributed by atoms with E-state index in [9.17, 15) is 4.79 Å². The van der Waals surface area contributed by atoms with Crippen LogP contribution in [0.1, 0.15) is 38.4 Å². The number of carbonyl (C=O) groups is 1. The van der Waals surface area contributed by atoms with Crippen LogP contribution in [-0.2, 0) is 13.1 Å². The number of hydrogen-bond acceptors (Lipinski definition) is 4. The van der Waals surface area contributed by atoms with Crippen LogP contribution in [0.15, 0.2) is 84.0 Å². The van der Waals surface area contributed by atoms with E-state index in [-0.39, 0.29) is 5.91 Å². The van der Waals surface area contributed by atoms with Crippen LogP contribution in [0.3, 0.4) is 0 Å². The number of carbonyl (C=O) groups excluding carboxylic acids is 1. The lowest BCUT2D eigenvalue weighted by Crippen LogP contribution is -2.45. The van der Waals surface area contributed by atoms with Gasteiger partial charge in [-0.1, -0.05) is 65.7 Å². The third-order valence-corrected chi connectivity index (χ3v) is 7.72. The summed E-state index contributed by atoms with van der Waals surface area (Å²) in [6.07, 6.45) is 1.66. The number of halogens is 2. The van der Waals surface area contributed by atoms with Gasteiger partial charge in [0.1, 0.15) is 0 Å². The SMILES string of the molecule is Cc1cc(/C=N\NC(=O)c2ccc(CN3CCN(Cc4ccccc4)CC3)cc2)c(C)n1-c1cc(Cl)cc(Cl)c1. The zero-order valence-electron chi connectivity index (χ0n) is 22.8. The first-order chi connectivity index (χ1) is 19.4. The summed E-state index contributed by atoms with van der Waals surface area (Å²) in [5, 5.41) is 5.36. The Bertz CT molecular complexity index is 1470. The third-order valence-electron chi connectivity index (χ3n) is 7.28. The molecule has 0 spiro atoms. The van der Waals surface area contributed by atoms with E-state index in [1.54, 1.807) is 12.3 Å². The lowest BCUT2D eigenvalue weighted by molar-refractivity contribution is 0.0955. The largest absolute Gasteiger partial charge is 0.318 e. The predicted molar refractivity (Wildman–Crippen MR) is 164 cm³/mol. The number of benzene rings is 3. The molecule has 0 aliphatic carbocycles. The summed E-state index contributed by atoms with van der Waals surface area (Å²) in [4.78, 5) is 17.7. The zero-order chi connectivity index (χ0) is 28.1. The van der Waals surface area contributed by atoms with Gasteiger partial charge < -0.3 is 4.57 Å². The Morgan fingerprint density at radius 3 is 2.00 bits per heavy atom. The van der Waals surface area contributed by atoms with Crippen molar-refractivity contribution < 1.29 is 4.79 Å². The van der Waals surface area contributed by atoms with E-state index in [1.165, 1.54) is 11.1 Å². The first-order valence-electron chi connectivity index (χ1n) is 13.4. The second kappa shape index (κ2) is 12.8. The highest BCUT2D eigenvalue weighted by molar-refractivity contribution is 6.34. The smallest absolute Gasteiger partial charge is 0.271 e. The Kier molecular flexibility index (Phi) is 9.02. The summed E-state index contributed by atoms with van der Waals surface area (Å²) >= 11 is 12.4. The van der Waals surface area contributed by atoms with E-state index in [1.807, 2.05) is 56.3 Å². The summed E-state index contributed by atoms with van der Waals surface area (Å²) in [5.41, 5.74) is 9.55. The molecule has 2 heterocycles. The van der Waals surface area contributed by atoms with Gasteiger partial charge in [0.15, 0.2) is 0 Å². The molecule has 1 N–H and O–H groups in total. The standard InChI is InChI=1S/C32H33Cl2N5O/c1-23-16-28(24(2)39(23)31-18-29(33)17-30(34)19-31)20-35-36-32(40)27-10-8-26(9-11-27)22-38-14-12-37(13-15-38)21-25-6-4-3-5-7-25/h3-11,16-20H,12-15,21-22H2,1-2H3,(H,36,40)/b35-20-. The van der Waals surface area contributed by atoms with E-state index in [4.69, 9.17) is 23.2 Å². The molecule has 0 unspecified atom stereocenters. The second-order valence-corrected chi connectivity index (χ2v) is 11.1. The van der Waals surface area contributed by atoms with Crippen LogP contribution in [-0.4, -0.2) is 52.7 Å². The molecule has 6 nitrogen and oxygen atoms in total. The van der Waals surface area contributed by atoms with Gasteiger partial charge in [0.25, 0.3) is 5.91 Å². The van der Waals surface area contributed by atoms with Crippen LogP contribution in [0.5, 0.6) is 0 Å². The minimum atomic E-state index is -0.243. The molecule has 1 aliphatic heterocycles. The highest BCUT2D eigenvalue weighted by Gasteiger charge is 2.17. The van der Waals surface area contributed by atoms with Gasteiger partial charge in [0.2, 0.25) is 0 Å². The molecule has 40 heavy (non-hydrogen) atoms. The number of rotatable bonds is 8. The van der Waals surface area contributed by atoms with E-state index in [0.717, 1.165) is 61.9 Å². The Labute approximate surface area is 245 Å². The first kappa shape index (κ1) is 28.1. The Morgan fingerprint density at radius 1 is 0.825 bits per heavy atom. The third kappa shape index (κ3) is 7.01. The average molecular weight is 575 g/mol. The number of hydrogen-bond donors (Lipinski definition) is 1. The Hall–Kier alpha value is -3.42. The van der Waals surface area contributed by atoms with E-state index < -0.39 is 0 Å². The van der Waals surface area contributed by atoms with Crippen molar-refractivity contribution >= 4 is 35.3 Å². The van der Waals surface area contributed by atoms with E-state index in [0.29, 0.717) is 15.6 Å². The van der Waals surface area contributed by atoms with Crippen molar-refractivity contribution in [1.29, 1.82) is 0 Å². The lowest BCUT2D eigenvalue weighted by atomic mass is 10.1. The van der Waals surface area contributed by atoms with Gasteiger partial charge >= 0.3 is 0 Å². The lowest BCUT2D eigenvalue weighted by Gasteiger charge is -2.34. The summed E-state index contributed by atoms with van der Waals surface area (Å²) in [6.45, 7) is 10.1. The fraction of sp³-hybridized carbons (Fsp3) is 0.250. The average Bonchev–Trinajstić information content (AvgIpc) is 3.22. The number of nitrogens with one attached hydrogen (secondary N) is 1. The molecule has 1 fully saturated rings. The van der Waals surface area contributed by atoms with E-state index in [2.05, 4.69) is 55.2 Å². The molecule has 4 aromatic rings. The fourth-order valence-electron chi connectivity index (χ4n) is 5.18. The molecular weight excluding hydrogens is 541 g/mol. The summed E-state index contributed by atoms with van der Waals surface area (Å²) in [6, 6.07) is 25.9. The predicted octanol–water partition coefficient (Wildman–Crippen LogP) is 6.48. The molecule has 1 aliphatic rings. The molecular formula is C32H33Cl2N5O. The van der Waals surface area contributed by atoms with Crippen molar-refractivity contribution in [2.24, 2.45) is 5.10 Å². The summed E-state index contributed by atoms with van der Waals surface area (Å²) < 4.78 is 2.06. The van der Waals surface area contributed by atoms with Gasteiger partial charge in [0.05, 0.1) is 6.21 Å². The molecule has 1 amide bonds. The molecule has 0 bridgehead atoms. The summed E-state index contributed by atoms with van der Waals surface area (Å²) in [7, 11) is 0. The number of nitrogens with zero attached hydrogens (tertiary/aromatic N) is 4. The fourth-order valence-corrected chi connectivity index (χ4v) is 5.69. The van der Waals surface area contributed by atoms with Gasteiger partial charge in [-0.05, 0) is 61.4 Å². The molecule has 1 aromatic heterocycles. The summed E-state index contributed by atoms with van der Waals surface area (Å²) in [5.74, 6) is -0.243. The van der Waals surface area contributed by atoms with Gasteiger partial charge in [-0.2, -0.15) is 5.10 Å². The molecule has 5 rings (SSSR count). The minimum absolute atomic E-state index is 0.243. The normalized spacial score (nSPS) is 14.6. The molecule has 3 aromatic carbocycles. The monoisotopic (exact) mass is 573 g/mol. The van der Waals surface area contributed by atoms with Crippen LogP contribution in [0.25, 0.3) is 5.69 Å². The Balaban J connectivity index is 1.13. The molecule has 1 saturated heterocycles. The van der Waals surface area contributed by atoms with Gasteiger partial charge in [-0.3, -0.25) is 14.6 Å². The molecule has 8 heteroatoms. The maximum absolute atomic E-state index is 12.7. The second-order valence-electron chi connectivity index (χ2n) is 10.2. The van der Waals surface area contributed by atoms with Crippen molar-refractivity contribution in [1.82, 2.24) is 19.8 Å². The van der Waals surface area contributed by atoms with Crippen molar-refractivity contribution in [3.8, 4) is 5.69 Å². The highest BCUT2D eigenvalue weighted by atomic mass is 35.5.